The first-order valence-corrected chi connectivity index (χ1v) is 8.66. The third kappa shape index (κ3) is 10.5. The van der Waals surface area contributed by atoms with E-state index in [0.717, 1.165) is 13.0 Å². The average molecular weight is 324 g/mol. The van der Waals surface area contributed by atoms with Crippen LogP contribution >= 0.6 is 0 Å². The van der Waals surface area contributed by atoms with Crippen molar-refractivity contribution in [2.45, 2.75) is 97.4 Å². The summed E-state index contributed by atoms with van der Waals surface area (Å²) in [5.74, 6) is 0. The van der Waals surface area contributed by atoms with Crippen LogP contribution in [-0.2, 0) is 0 Å². The summed E-state index contributed by atoms with van der Waals surface area (Å²) in [5, 5.41) is 19.6. The number of aliphatic hydroxyl groups is 2. The number of rotatable bonds is 13. The summed E-state index contributed by atoms with van der Waals surface area (Å²) in [5.41, 5.74) is 0. The number of aliphatic hydroxyl groups excluding tert-OH is 2. The van der Waals surface area contributed by atoms with Crippen LogP contribution in [0.25, 0.3) is 0 Å². The minimum atomic E-state index is -0.506. The summed E-state index contributed by atoms with van der Waals surface area (Å²) in [4.78, 5) is 0. The highest BCUT2D eigenvalue weighted by atomic mass is 35.5. The molecule has 0 aliphatic heterocycles. The highest BCUT2D eigenvalue weighted by Crippen LogP contribution is 2.16. The molecule has 0 fully saturated rings. The minimum absolute atomic E-state index is 0. The maximum absolute atomic E-state index is 9.80. The first-order valence-electron chi connectivity index (χ1n) is 8.66. The van der Waals surface area contributed by atoms with Crippen molar-refractivity contribution in [3.63, 3.8) is 0 Å². The molecule has 2 unspecified atom stereocenters. The number of nitrogens with zero attached hydrogens (tertiary/aromatic N) is 1. The van der Waals surface area contributed by atoms with Crippen molar-refractivity contribution < 1.29 is 27.1 Å². The van der Waals surface area contributed by atoms with Crippen molar-refractivity contribution in [2.24, 2.45) is 0 Å². The molecule has 0 heterocycles. The van der Waals surface area contributed by atoms with Gasteiger partial charge in [0.15, 0.2) is 12.5 Å². The number of halogens is 1. The molecule has 4 heteroatoms. The van der Waals surface area contributed by atoms with Crippen molar-refractivity contribution in [2.75, 3.05) is 13.6 Å². The van der Waals surface area contributed by atoms with E-state index in [9.17, 15) is 10.2 Å². The minimum Gasteiger partial charge on any atom is -1.00 e. The Morgan fingerprint density at radius 1 is 0.714 bits per heavy atom. The van der Waals surface area contributed by atoms with Gasteiger partial charge in [-0.3, -0.25) is 4.48 Å². The van der Waals surface area contributed by atoms with E-state index in [0.29, 0.717) is 4.48 Å². The van der Waals surface area contributed by atoms with Crippen LogP contribution in [0.4, 0.5) is 0 Å². The van der Waals surface area contributed by atoms with Gasteiger partial charge in [0, 0.05) is 13.8 Å². The SMILES string of the molecule is CCCCCCCCCCCC[N+](C)(C(C)O)C(C)O.[Cl-]. The van der Waals surface area contributed by atoms with Gasteiger partial charge in [0.2, 0.25) is 0 Å². The Hall–Kier alpha value is 0.170. The first kappa shape index (κ1) is 23.4. The van der Waals surface area contributed by atoms with E-state index in [-0.39, 0.29) is 12.4 Å². The number of quaternary nitrogens is 1. The second kappa shape index (κ2) is 13.8. The molecule has 0 aliphatic rings. The van der Waals surface area contributed by atoms with Crippen LogP contribution in [0, 0.1) is 0 Å². The van der Waals surface area contributed by atoms with Crippen LogP contribution < -0.4 is 12.4 Å². The van der Waals surface area contributed by atoms with Gasteiger partial charge in [-0.05, 0) is 12.8 Å². The third-order valence-corrected chi connectivity index (χ3v) is 4.70. The van der Waals surface area contributed by atoms with Crippen LogP contribution in [-0.4, -0.2) is 40.7 Å². The number of unbranched alkanes of at least 4 members (excludes halogenated alkanes) is 9. The van der Waals surface area contributed by atoms with E-state index >= 15 is 0 Å². The van der Waals surface area contributed by atoms with Gasteiger partial charge in [0.05, 0.1) is 13.6 Å². The Labute approximate surface area is 138 Å². The fraction of sp³-hybridized carbons (Fsp3) is 1.00. The number of hydrogen-bond acceptors (Lipinski definition) is 2. The Morgan fingerprint density at radius 3 is 1.38 bits per heavy atom. The Balaban J connectivity index is 0. The molecular formula is C17H38ClNO2. The third-order valence-electron chi connectivity index (χ3n) is 4.70. The summed E-state index contributed by atoms with van der Waals surface area (Å²) in [6.07, 6.45) is 12.2. The lowest BCUT2D eigenvalue weighted by Crippen LogP contribution is -3.00. The van der Waals surface area contributed by atoms with Crippen LogP contribution in [0.15, 0.2) is 0 Å². The standard InChI is InChI=1S/C17H38NO2.ClH/c1-5-6-7-8-9-10-11-12-13-14-15-18(4,16(2)19)17(3)20;/h16-17,19-20H,5-15H2,1-4H3;1H/q+1;/p-1. The lowest BCUT2D eigenvalue weighted by atomic mass is 10.1. The van der Waals surface area contributed by atoms with E-state index in [1.54, 1.807) is 13.8 Å². The fourth-order valence-electron chi connectivity index (χ4n) is 2.63. The van der Waals surface area contributed by atoms with E-state index in [4.69, 9.17) is 0 Å². The van der Waals surface area contributed by atoms with E-state index < -0.39 is 12.5 Å². The van der Waals surface area contributed by atoms with Crippen molar-refractivity contribution in [3.05, 3.63) is 0 Å². The Morgan fingerprint density at radius 2 is 1.05 bits per heavy atom. The Bertz CT molecular complexity index is 215. The van der Waals surface area contributed by atoms with Crippen LogP contribution in [0.1, 0.15) is 85.0 Å². The molecule has 0 aromatic rings. The largest absolute Gasteiger partial charge is 1.00 e. The molecular weight excluding hydrogens is 286 g/mol. The second-order valence-electron chi connectivity index (χ2n) is 6.52. The maximum Gasteiger partial charge on any atom is 0.189 e. The van der Waals surface area contributed by atoms with Gasteiger partial charge in [-0.2, -0.15) is 0 Å². The summed E-state index contributed by atoms with van der Waals surface area (Å²) in [7, 11) is 1.93. The predicted octanol–water partition coefficient (Wildman–Crippen LogP) is 1.03. The van der Waals surface area contributed by atoms with Crippen molar-refractivity contribution in [1.82, 2.24) is 0 Å². The molecule has 0 radical (unpaired) electrons. The van der Waals surface area contributed by atoms with E-state index in [1.165, 1.54) is 57.8 Å². The van der Waals surface area contributed by atoms with Gasteiger partial charge in [-0.25, -0.2) is 0 Å². The Kier molecular flexibility index (Phi) is 15.4. The molecule has 0 bridgehead atoms. The number of hydrogen-bond donors (Lipinski definition) is 2. The molecule has 2 N–H and O–H groups in total. The van der Waals surface area contributed by atoms with E-state index in [2.05, 4.69) is 6.92 Å². The molecule has 0 rings (SSSR count). The second-order valence-corrected chi connectivity index (χ2v) is 6.52. The van der Waals surface area contributed by atoms with Crippen molar-refractivity contribution in [3.8, 4) is 0 Å². The maximum atomic E-state index is 9.80. The van der Waals surface area contributed by atoms with Gasteiger partial charge in [0.25, 0.3) is 0 Å². The zero-order valence-corrected chi connectivity index (χ0v) is 15.4. The van der Waals surface area contributed by atoms with Crippen molar-refractivity contribution >= 4 is 0 Å². The quantitative estimate of drug-likeness (QED) is 0.302. The van der Waals surface area contributed by atoms with Gasteiger partial charge in [-0.15, -0.1) is 0 Å². The van der Waals surface area contributed by atoms with Crippen molar-refractivity contribution in [1.29, 1.82) is 0 Å². The van der Waals surface area contributed by atoms with Crippen LogP contribution in [0.5, 0.6) is 0 Å². The zero-order valence-electron chi connectivity index (χ0n) is 14.7. The molecule has 0 aromatic heterocycles. The summed E-state index contributed by atoms with van der Waals surface area (Å²) in [6, 6.07) is 0. The summed E-state index contributed by atoms with van der Waals surface area (Å²) < 4.78 is 0.344. The first-order chi connectivity index (χ1) is 9.45. The molecule has 0 saturated carbocycles. The molecule has 0 saturated heterocycles. The summed E-state index contributed by atoms with van der Waals surface area (Å²) >= 11 is 0. The normalized spacial score (nSPS) is 16.9. The zero-order chi connectivity index (χ0) is 15.4. The molecule has 0 amide bonds. The molecule has 21 heavy (non-hydrogen) atoms. The molecule has 130 valence electrons. The van der Waals surface area contributed by atoms with Gasteiger partial charge < -0.3 is 22.6 Å². The predicted molar refractivity (Wildman–Crippen MR) is 86.3 cm³/mol. The van der Waals surface area contributed by atoms with Crippen LogP contribution in [0.3, 0.4) is 0 Å². The topological polar surface area (TPSA) is 40.5 Å². The molecule has 0 aromatic carbocycles. The highest BCUT2D eigenvalue weighted by molar-refractivity contribution is 4.49. The monoisotopic (exact) mass is 323 g/mol. The van der Waals surface area contributed by atoms with Gasteiger partial charge in [0.1, 0.15) is 0 Å². The molecule has 2 atom stereocenters. The molecule has 0 spiro atoms. The lowest BCUT2D eigenvalue weighted by molar-refractivity contribution is -0.990. The summed E-state index contributed by atoms with van der Waals surface area (Å²) in [6.45, 7) is 6.64. The van der Waals surface area contributed by atoms with Crippen LogP contribution in [0.2, 0.25) is 0 Å². The highest BCUT2D eigenvalue weighted by Gasteiger charge is 2.31. The average Bonchev–Trinajstić information content (AvgIpc) is 2.40. The lowest BCUT2D eigenvalue weighted by Gasteiger charge is -2.39. The molecule has 0 aliphatic carbocycles. The van der Waals surface area contributed by atoms with E-state index in [1.807, 2.05) is 7.05 Å². The van der Waals surface area contributed by atoms with Gasteiger partial charge in [-0.1, -0.05) is 58.3 Å². The molecule has 3 nitrogen and oxygen atoms in total. The fourth-order valence-corrected chi connectivity index (χ4v) is 2.63. The smallest absolute Gasteiger partial charge is 0.189 e. The van der Waals surface area contributed by atoms with Gasteiger partial charge >= 0.3 is 0 Å².